The Bertz CT molecular complexity index is 909. The van der Waals surface area contributed by atoms with Crippen molar-refractivity contribution in [2.45, 2.75) is 17.8 Å². The number of aliphatic carboxylic acids is 1. The highest BCUT2D eigenvalue weighted by Crippen LogP contribution is 2.40. The second-order valence-electron chi connectivity index (χ2n) is 6.05. The van der Waals surface area contributed by atoms with Gasteiger partial charge in [0.2, 0.25) is 5.91 Å². The number of rotatable bonds is 7. The molecule has 0 unspecified atom stereocenters. The van der Waals surface area contributed by atoms with E-state index >= 15 is 0 Å². The van der Waals surface area contributed by atoms with E-state index in [0.717, 1.165) is 4.90 Å². The molecular weight excluding hydrogens is 404 g/mol. The molecule has 0 aliphatic carbocycles. The minimum absolute atomic E-state index is 0.0393. The van der Waals surface area contributed by atoms with Gasteiger partial charge in [-0.05, 0) is 12.1 Å². The number of carbonyl (C=O) groups is 4. The minimum Gasteiger partial charge on any atom is -0.477 e. The van der Waals surface area contributed by atoms with Crippen LogP contribution in [0.25, 0.3) is 0 Å². The molecule has 154 valence electrons. The summed E-state index contributed by atoms with van der Waals surface area (Å²) in [6, 6.07) is 2.41. The first kappa shape index (κ1) is 20.5. The Balaban J connectivity index is 1.82. The number of carboxylic acid groups (broad SMARTS) is 1. The average molecular weight is 422 g/mol. The number of carbonyl (C=O) groups excluding carboxylic acids is 3. The van der Waals surface area contributed by atoms with Crippen LogP contribution in [0.15, 0.2) is 39.2 Å². The fourth-order valence-electron chi connectivity index (χ4n) is 3.04. The Morgan fingerprint density at radius 3 is 2.79 bits per heavy atom. The van der Waals surface area contributed by atoms with Gasteiger partial charge in [-0.1, -0.05) is 5.16 Å². The summed E-state index contributed by atoms with van der Waals surface area (Å²) in [5, 5.41) is 17.7. The molecule has 3 heterocycles. The van der Waals surface area contributed by atoms with Crippen LogP contribution in [0.4, 0.5) is 0 Å². The number of hydrogen-bond acceptors (Lipinski definition) is 8. The van der Waals surface area contributed by atoms with Crippen LogP contribution >= 0.6 is 11.8 Å². The molecule has 0 aromatic carbocycles. The fourth-order valence-corrected chi connectivity index (χ4v) is 4.39. The highest BCUT2D eigenvalue weighted by atomic mass is 32.2. The molecular formula is C17H18N4O7S. The molecule has 3 N–H and O–H groups in total. The van der Waals surface area contributed by atoms with E-state index in [1.54, 1.807) is 12.1 Å². The first-order valence-corrected chi connectivity index (χ1v) is 9.50. The summed E-state index contributed by atoms with van der Waals surface area (Å²) in [6.07, 6.45) is 1.40. The van der Waals surface area contributed by atoms with Gasteiger partial charge in [0.15, 0.2) is 5.71 Å². The van der Waals surface area contributed by atoms with Gasteiger partial charge in [0.05, 0.1) is 12.7 Å². The zero-order chi connectivity index (χ0) is 21.1. The third-order valence-electron chi connectivity index (χ3n) is 4.31. The first-order valence-electron chi connectivity index (χ1n) is 8.45. The van der Waals surface area contributed by atoms with Gasteiger partial charge in [-0.3, -0.25) is 19.3 Å². The van der Waals surface area contributed by atoms with Gasteiger partial charge in [-0.2, -0.15) is 0 Å². The summed E-state index contributed by atoms with van der Waals surface area (Å²) < 4.78 is 5.11. The van der Waals surface area contributed by atoms with Crippen molar-refractivity contribution in [3.05, 3.63) is 35.4 Å². The molecule has 2 atom stereocenters. The lowest BCUT2D eigenvalue weighted by molar-refractivity contribution is -0.150. The monoisotopic (exact) mass is 422 g/mol. The van der Waals surface area contributed by atoms with Gasteiger partial charge < -0.3 is 25.0 Å². The number of nitrogens with one attached hydrogen (secondary N) is 2. The van der Waals surface area contributed by atoms with Crippen LogP contribution in [0.2, 0.25) is 0 Å². The SMILES string of the molecule is CNC(=O)C(=NOC)C1=C(C(=O)O)N2C(=O)[C@@H](NC(=O)Cc3ccco3)[C@@H]2SC1. The summed E-state index contributed by atoms with van der Waals surface area (Å²) in [4.78, 5) is 54.5. The topological polar surface area (TPSA) is 151 Å². The van der Waals surface area contributed by atoms with Gasteiger partial charge in [0.25, 0.3) is 11.8 Å². The van der Waals surface area contributed by atoms with E-state index < -0.39 is 35.1 Å². The molecule has 1 fully saturated rings. The highest BCUT2D eigenvalue weighted by Gasteiger charge is 2.55. The Kier molecular flexibility index (Phi) is 5.92. The number of amides is 3. The lowest BCUT2D eigenvalue weighted by atomic mass is 10.00. The minimum atomic E-state index is -1.38. The van der Waals surface area contributed by atoms with Crippen molar-refractivity contribution in [3.8, 4) is 0 Å². The molecule has 29 heavy (non-hydrogen) atoms. The third kappa shape index (κ3) is 3.83. The van der Waals surface area contributed by atoms with Crippen LogP contribution in [-0.2, 0) is 30.4 Å². The summed E-state index contributed by atoms with van der Waals surface area (Å²) in [7, 11) is 2.59. The predicted molar refractivity (Wildman–Crippen MR) is 101 cm³/mol. The molecule has 0 bridgehead atoms. The van der Waals surface area contributed by atoms with Crippen LogP contribution in [0, 0.1) is 0 Å². The standard InChI is InChI=1S/C17H18N4O7S/c1-18-14(23)11(20-27-2)9-7-29-16-12(15(24)21(16)13(9)17(25)26)19-10(22)6-8-4-3-5-28-8/h3-5,12,16H,6-7H2,1-2H3,(H,18,23)(H,19,22)(H,25,26)/t12-,16+/m1/s1. The Labute approximate surface area is 169 Å². The molecule has 0 spiro atoms. The second kappa shape index (κ2) is 8.39. The van der Waals surface area contributed by atoms with Crippen molar-refractivity contribution in [1.29, 1.82) is 0 Å². The van der Waals surface area contributed by atoms with E-state index in [-0.39, 0.29) is 29.2 Å². The summed E-state index contributed by atoms with van der Waals surface area (Å²) in [5.41, 5.74) is -0.514. The number of carboxylic acids is 1. The number of fused-ring (bicyclic) bond motifs is 1. The summed E-state index contributed by atoms with van der Waals surface area (Å²) in [5.74, 6) is -2.49. The van der Waals surface area contributed by atoms with Crippen molar-refractivity contribution in [2.75, 3.05) is 19.9 Å². The molecule has 0 radical (unpaired) electrons. The quantitative estimate of drug-likeness (QED) is 0.297. The fraction of sp³-hybridized carbons (Fsp3) is 0.353. The summed E-state index contributed by atoms with van der Waals surface area (Å²) >= 11 is 1.22. The van der Waals surface area contributed by atoms with Crippen molar-refractivity contribution in [2.24, 2.45) is 5.16 Å². The van der Waals surface area contributed by atoms with Gasteiger partial charge in [-0.25, -0.2) is 4.79 Å². The largest absolute Gasteiger partial charge is 0.477 e. The van der Waals surface area contributed by atoms with Crippen LogP contribution in [0.3, 0.4) is 0 Å². The lowest BCUT2D eigenvalue weighted by Crippen LogP contribution is -2.71. The van der Waals surface area contributed by atoms with E-state index in [1.165, 1.54) is 32.2 Å². The molecule has 11 nitrogen and oxygen atoms in total. The molecule has 1 aromatic heterocycles. The van der Waals surface area contributed by atoms with Crippen LogP contribution in [0.1, 0.15) is 5.76 Å². The van der Waals surface area contributed by atoms with Gasteiger partial charge in [0, 0.05) is 18.4 Å². The van der Waals surface area contributed by atoms with E-state index in [0.29, 0.717) is 5.76 Å². The second-order valence-corrected chi connectivity index (χ2v) is 7.15. The number of furan rings is 1. The molecule has 2 aliphatic heterocycles. The summed E-state index contributed by atoms with van der Waals surface area (Å²) in [6.45, 7) is 0. The van der Waals surface area contributed by atoms with Crippen LogP contribution in [-0.4, -0.2) is 70.7 Å². The van der Waals surface area contributed by atoms with E-state index in [2.05, 4.69) is 20.6 Å². The maximum Gasteiger partial charge on any atom is 0.353 e. The number of oxime groups is 1. The van der Waals surface area contributed by atoms with Crippen LogP contribution < -0.4 is 10.6 Å². The lowest BCUT2D eigenvalue weighted by Gasteiger charge is -2.49. The average Bonchev–Trinajstić information content (AvgIpc) is 3.21. The molecule has 12 heteroatoms. The van der Waals surface area contributed by atoms with Crippen molar-refractivity contribution < 1.29 is 33.5 Å². The predicted octanol–water partition coefficient (Wildman–Crippen LogP) is -0.691. The maximum absolute atomic E-state index is 12.6. The van der Waals surface area contributed by atoms with Crippen molar-refractivity contribution in [3.63, 3.8) is 0 Å². The molecule has 3 rings (SSSR count). The molecule has 2 aliphatic rings. The van der Waals surface area contributed by atoms with Crippen molar-refractivity contribution >= 4 is 41.2 Å². The third-order valence-corrected chi connectivity index (χ3v) is 5.59. The Hall–Kier alpha value is -3.28. The zero-order valence-electron chi connectivity index (χ0n) is 15.5. The number of hydrogen-bond donors (Lipinski definition) is 3. The van der Waals surface area contributed by atoms with Gasteiger partial charge in [0.1, 0.15) is 30.0 Å². The molecule has 1 saturated heterocycles. The highest BCUT2D eigenvalue weighted by molar-refractivity contribution is 8.00. The molecule has 1 aromatic rings. The Morgan fingerprint density at radius 2 is 2.21 bits per heavy atom. The van der Waals surface area contributed by atoms with Crippen molar-refractivity contribution in [1.82, 2.24) is 15.5 Å². The number of β-lactam (4-membered cyclic amide) rings is 1. The first-order chi connectivity index (χ1) is 13.9. The number of nitrogens with zero attached hydrogens (tertiary/aromatic N) is 2. The zero-order valence-corrected chi connectivity index (χ0v) is 16.3. The molecule has 3 amide bonds. The maximum atomic E-state index is 12.6. The normalized spacial score (nSPS) is 21.2. The van der Waals surface area contributed by atoms with Gasteiger partial charge >= 0.3 is 5.97 Å². The molecule has 0 saturated carbocycles. The van der Waals surface area contributed by atoms with E-state index in [9.17, 15) is 24.3 Å². The van der Waals surface area contributed by atoms with E-state index in [4.69, 9.17) is 4.42 Å². The Morgan fingerprint density at radius 1 is 1.45 bits per heavy atom. The number of thioether (sulfide) groups is 1. The van der Waals surface area contributed by atoms with Gasteiger partial charge in [-0.15, -0.1) is 11.8 Å². The smallest absolute Gasteiger partial charge is 0.353 e. The van der Waals surface area contributed by atoms with E-state index in [1.807, 2.05) is 0 Å². The van der Waals surface area contributed by atoms with Crippen LogP contribution in [0.5, 0.6) is 0 Å².